The minimum atomic E-state index is 0.221. The van der Waals surface area contributed by atoms with E-state index in [2.05, 4.69) is 60.2 Å². The van der Waals surface area contributed by atoms with Crippen molar-refractivity contribution in [1.82, 2.24) is 19.9 Å². The van der Waals surface area contributed by atoms with Crippen LogP contribution in [-0.2, 0) is 19.6 Å². The monoisotopic (exact) mass is 422 g/mol. The van der Waals surface area contributed by atoms with Crippen molar-refractivity contribution in [2.24, 2.45) is 0 Å². The van der Waals surface area contributed by atoms with E-state index in [1.165, 1.54) is 9.75 Å². The molecule has 4 rings (SSSR count). The van der Waals surface area contributed by atoms with Gasteiger partial charge in [0.05, 0.1) is 6.54 Å². The first-order valence-corrected chi connectivity index (χ1v) is 11.0. The summed E-state index contributed by atoms with van der Waals surface area (Å²) in [6.45, 7) is 4.30. The molecule has 8 heteroatoms. The molecule has 3 aromatic heterocycles. The van der Waals surface area contributed by atoms with Crippen LogP contribution in [0.4, 0.5) is 17.6 Å². The fourth-order valence-corrected chi connectivity index (χ4v) is 4.50. The van der Waals surface area contributed by atoms with Crippen LogP contribution in [0.15, 0.2) is 59.3 Å². The molecular weight excluding hydrogens is 400 g/mol. The second kappa shape index (κ2) is 9.13. The molecule has 0 bridgehead atoms. The van der Waals surface area contributed by atoms with E-state index in [-0.39, 0.29) is 5.95 Å². The predicted octanol–water partition coefficient (Wildman–Crippen LogP) is 4.83. The topological polar surface area (TPSA) is 80.0 Å². The van der Waals surface area contributed by atoms with E-state index in [1.54, 1.807) is 22.7 Å². The summed E-state index contributed by atoms with van der Waals surface area (Å²) in [5.74, 6) is 1.34. The molecule has 6 nitrogen and oxygen atoms in total. The van der Waals surface area contributed by atoms with E-state index in [9.17, 15) is 0 Å². The Bertz CT molecular complexity index is 1010. The van der Waals surface area contributed by atoms with Crippen LogP contribution >= 0.6 is 22.7 Å². The quantitative estimate of drug-likeness (QED) is 0.423. The molecule has 0 fully saturated rings. The Morgan fingerprint density at radius 3 is 2.17 bits per heavy atom. The molecule has 0 saturated heterocycles. The Hall–Kier alpha value is -2.81. The predicted molar refractivity (Wildman–Crippen MR) is 120 cm³/mol. The maximum Gasteiger partial charge on any atom is 0.232 e. The van der Waals surface area contributed by atoms with Gasteiger partial charge in [-0.1, -0.05) is 30.3 Å². The first kappa shape index (κ1) is 19.5. The minimum absolute atomic E-state index is 0.221. The number of aryl methyl sites for hydroxylation is 1. The second-order valence-electron chi connectivity index (χ2n) is 6.68. The van der Waals surface area contributed by atoms with Crippen LogP contribution in [0.25, 0.3) is 0 Å². The molecule has 1 aromatic carbocycles. The van der Waals surface area contributed by atoms with Crippen molar-refractivity contribution in [3.05, 3.63) is 80.4 Å². The number of nitrogens with one attached hydrogen (secondary N) is 1. The average Bonchev–Trinajstić information content (AvgIpc) is 3.37. The van der Waals surface area contributed by atoms with Crippen molar-refractivity contribution in [2.75, 3.05) is 11.1 Å². The van der Waals surface area contributed by atoms with Gasteiger partial charge >= 0.3 is 0 Å². The molecule has 148 valence electrons. The van der Waals surface area contributed by atoms with E-state index in [0.29, 0.717) is 18.3 Å². The molecule has 3 N–H and O–H groups in total. The van der Waals surface area contributed by atoms with Gasteiger partial charge in [0.2, 0.25) is 11.9 Å². The zero-order chi connectivity index (χ0) is 20.1. The summed E-state index contributed by atoms with van der Waals surface area (Å²) >= 11 is 3.51. The molecule has 0 amide bonds. The third-order valence-corrected chi connectivity index (χ3v) is 6.10. The van der Waals surface area contributed by atoms with Crippen molar-refractivity contribution in [1.29, 1.82) is 0 Å². The third kappa shape index (κ3) is 5.38. The van der Waals surface area contributed by atoms with Crippen LogP contribution in [0.5, 0.6) is 0 Å². The van der Waals surface area contributed by atoms with Gasteiger partial charge in [0.15, 0.2) is 0 Å². The largest absolute Gasteiger partial charge is 0.368 e. The lowest BCUT2D eigenvalue weighted by Gasteiger charge is -2.20. The molecule has 0 spiro atoms. The smallest absolute Gasteiger partial charge is 0.232 e. The third-order valence-electron chi connectivity index (χ3n) is 4.37. The second-order valence-corrected chi connectivity index (χ2v) is 8.74. The maximum absolute atomic E-state index is 5.98. The van der Waals surface area contributed by atoms with E-state index in [1.807, 2.05) is 31.2 Å². The Balaban J connectivity index is 1.54. The standard InChI is InChI=1S/C21H22N6S2/c1-15-6-2-3-9-18(15)23-21-25-19(24-20(22)26-21)14-27(12-16-7-4-10-28-16)13-17-8-5-11-29-17/h2-11H,12-14H2,1H3,(H3,22,23,24,25,26). The van der Waals surface area contributed by atoms with E-state index in [0.717, 1.165) is 24.3 Å². The van der Waals surface area contributed by atoms with Gasteiger partial charge in [0.25, 0.3) is 0 Å². The van der Waals surface area contributed by atoms with Gasteiger partial charge in [0, 0.05) is 28.5 Å². The fourth-order valence-electron chi connectivity index (χ4n) is 3.01. The number of hydrogen-bond donors (Lipinski definition) is 2. The SMILES string of the molecule is Cc1ccccc1Nc1nc(N)nc(CN(Cc2cccs2)Cc2cccs2)n1. The number of rotatable bonds is 8. The lowest BCUT2D eigenvalue weighted by Crippen LogP contribution is -2.23. The summed E-state index contributed by atoms with van der Waals surface area (Å²) in [6, 6.07) is 16.5. The molecule has 0 unspecified atom stereocenters. The van der Waals surface area contributed by atoms with E-state index < -0.39 is 0 Å². The molecule has 4 aromatic rings. The number of para-hydroxylation sites is 1. The number of nitrogen functional groups attached to an aromatic ring is 1. The highest BCUT2D eigenvalue weighted by Gasteiger charge is 2.14. The van der Waals surface area contributed by atoms with Gasteiger partial charge in [0.1, 0.15) is 5.82 Å². The van der Waals surface area contributed by atoms with Gasteiger partial charge in [-0.05, 0) is 41.4 Å². The van der Waals surface area contributed by atoms with Crippen LogP contribution in [-0.4, -0.2) is 19.9 Å². The molecule has 0 atom stereocenters. The maximum atomic E-state index is 5.98. The van der Waals surface area contributed by atoms with Crippen LogP contribution in [0.2, 0.25) is 0 Å². The zero-order valence-electron chi connectivity index (χ0n) is 16.1. The number of anilines is 3. The normalized spacial score (nSPS) is 11.1. The minimum Gasteiger partial charge on any atom is -0.368 e. The Morgan fingerprint density at radius 2 is 1.55 bits per heavy atom. The Kier molecular flexibility index (Phi) is 6.14. The van der Waals surface area contributed by atoms with Gasteiger partial charge < -0.3 is 11.1 Å². The van der Waals surface area contributed by atoms with Gasteiger partial charge in [-0.3, -0.25) is 4.90 Å². The van der Waals surface area contributed by atoms with Gasteiger partial charge in [-0.25, -0.2) is 0 Å². The Morgan fingerprint density at radius 1 is 0.862 bits per heavy atom. The summed E-state index contributed by atoms with van der Waals surface area (Å²) in [7, 11) is 0. The van der Waals surface area contributed by atoms with Crippen molar-refractivity contribution in [3.8, 4) is 0 Å². The zero-order valence-corrected chi connectivity index (χ0v) is 17.7. The van der Waals surface area contributed by atoms with Crippen LogP contribution in [0, 0.1) is 6.92 Å². The van der Waals surface area contributed by atoms with Crippen molar-refractivity contribution < 1.29 is 0 Å². The van der Waals surface area contributed by atoms with Gasteiger partial charge in [-0.2, -0.15) is 15.0 Å². The molecule has 0 aliphatic carbocycles. The number of thiophene rings is 2. The summed E-state index contributed by atoms with van der Waals surface area (Å²) in [6.07, 6.45) is 0. The number of benzene rings is 1. The number of aromatic nitrogens is 3. The van der Waals surface area contributed by atoms with Crippen molar-refractivity contribution in [2.45, 2.75) is 26.6 Å². The van der Waals surface area contributed by atoms with E-state index >= 15 is 0 Å². The molecule has 0 radical (unpaired) electrons. The van der Waals surface area contributed by atoms with Crippen LogP contribution in [0.3, 0.4) is 0 Å². The number of hydrogen-bond acceptors (Lipinski definition) is 8. The summed E-state index contributed by atoms with van der Waals surface area (Å²) in [5, 5.41) is 7.46. The van der Waals surface area contributed by atoms with E-state index in [4.69, 9.17) is 5.73 Å². The van der Waals surface area contributed by atoms with Crippen LogP contribution < -0.4 is 11.1 Å². The van der Waals surface area contributed by atoms with Crippen molar-refractivity contribution in [3.63, 3.8) is 0 Å². The molecule has 0 aliphatic heterocycles. The molecule has 0 saturated carbocycles. The highest BCUT2D eigenvalue weighted by atomic mass is 32.1. The molecule has 0 aliphatic rings. The lowest BCUT2D eigenvalue weighted by molar-refractivity contribution is 0.246. The Labute approximate surface area is 178 Å². The first-order valence-electron chi connectivity index (χ1n) is 9.26. The lowest BCUT2D eigenvalue weighted by atomic mass is 10.2. The number of nitrogens with zero attached hydrogens (tertiary/aromatic N) is 4. The number of nitrogens with two attached hydrogens (primary N) is 1. The summed E-state index contributed by atoms with van der Waals surface area (Å²) in [4.78, 5) is 18.2. The first-order chi connectivity index (χ1) is 14.2. The summed E-state index contributed by atoms with van der Waals surface area (Å²) in [5.41, 5.74) is 8.05. The van der Waals surface area contributed by atoms with Crippen molar-refractivity contribution >= 4 is 40.3 Å². The average molecular weight is 423 g/mol. The molecule has 3 heterocycles. The molecule has 29 heavy (non-hydrogen) atoms. The fraction of sp³-hybridized carbons (Fsp3) is 0.190. The van der Waals surface area contributed by atoms with Crippen LogP contribution in [0.1, 0.15) is 21.1 Å². The summed E-state index contributed by atoms with van der Waals surface area (Å²) < 4.78 is 0. The van der Waals surface area contributed by atoms with Gasteiger partial charge in [-0.15, -0.1) is 22.7 Å². The highest BCUT2D eigenvalue weighted by molar-refractivity contribution is 7.10. The highest BCUT2D eigenvalue weighted by Crippen LogP contribution is 2.21. The molecular formula is C21H22N6S2.